The molecule has 0 bridgehead atoms. The Hall–Kier alpha value is -3.76. The summed E-state index contributed by atoms with van der Waals surface area (Å²) in [4.78, 5) is 39.0. The number of halogens is 1. The van der Waals surface area contributed by atoms with Crippen molar-refractivity contribution in [2.24, 2.45) is 0 Å². The lowest BCUT2D eigenvalue weighted by Gasteiger charge is -2.14. The largest absolute Gasteiger partial charge is 0.497 e. The number of rotatable bonds is 9. The van der Waals surface area contributed by atoms with E-state index in [0.29, 0.717) is 39.6 Å². The lowest BCUT2D eigenvalue weighted by Crippen LogP contribution is -2.36. The van der Waals surface area contributed by atoms with Gasteiger partial charge in [-0.05, 0) is 81.3 Å². The summed E-state index contributed by atoms with van der Waals surface area (Å²) in [6.07, 6.45) is 1.58. The number of hydrogen-bond acceptors (Lipinski definition) is 7. The summed E-state index contributed by atoms with van der Waals surface area (Å²) in [5.41, 5.74) is 2.16. The molecule has 1 fully saturated rings. The smallest absolute Gasteiger partial charge is 0.294 e. The predicted molar refractivity (Wildman–Crippen MR) is 146 cm³/mol. The second kappa shape index (κ2) is 12.0. The number of anilines is 1. The van der Waals surface area contributed by atoms with Crippen LogP contribution in [0.3, 0.4) is 0 Å². The summed E-state index contributed by atoms with van der Waals surface area (Å²) in [6, 6.07) is 19.9. The number of hydrogen-bond donors (Lipinski definition) is 1. The van der Waals surface area contributed by atoms with E-state index in [2.05, 4.69) is 21.2 Å². The molecule has 37 heavy (non-hydrogen) atoms. The molecule has 3 aromatic rings. The van der Waals surface area contributed by atoms with Gasteiger partial charge in [-0.25, -0.2) is 0 Å². The third-order valence-corrected chi connectivity index (χ3v) is 6.82. The van der Waals surface area contributed by atoms with Gasteiger partial charge < -0.3 is 19.5 Å². The van der Waals surface area contributed by atoms with E-state index in [1.165, 1.54) is 7.11 Å². The van der Waals surface area contributed by atoms with Gasteiger partial charge >= 0.3 is 0 Å². The van der Waals surface area contributed by atoms with E-state index in [0.717, 1.165) is 22.2 Å². The van der Waals surface area contributed by atoms with E-state index in [1.54, 1.807) is 49.6 Å². The highest BCUT2D eigenvalue weighted by Gasteiger charge is 2.36. The Morgan fingerprint density at radius 3 is 2.43 bits per heavy atom. The summed E-state index contributed by atoms with van der Waals surface area (Å²) >= 11 is 4.29. The second-order valence-electron chi connectivity index (χ2n) is 7.85. The molecule has 1 N–H and O–H groups in total. The number of benzene rings is 3. The Morgan fingerprint density at radius 1 is 1.03 bits per heavy atom. The normalized spacial score (nSPS) is 14.1. The number of amides is 3. The van der Waals surface area contributed by atoms with E-state index < -0.39 is 23.6 Å². The van der Waals surface area contributed by atoms with E-state index in [1.807, 2.05) is 30.3 Å². The lowest BCUT2D eigenvalue weighted by molar-refractivity contribution is -0.127. The Bertz CT molecular complexity index is 1350. The zero-order valence-corrected chi connectivity index (χ0v) is 22.4. The maximum atomic E-state index is 12.9. The van der Waals surface area contributed by atoms with Gasteiger partial charge in [0.15, 0.2) is 11.5 Å². The van der Waals surface area contributed by atoms with Crippen molar-refractivity contribution in [3.63, 3.8) is 0 Å². The summed E-state index contributed by atoms with van der Waals surface area (Å²) in [7, 11) is 3.07. The van der Waals surface area contributed by atoms with Gasteiger partial charge in [-0.2, -0.15) is 0 Å². The first-order valence-corrected chi connectivity index (χ1v) is 12.7. The first-order valence-electron chi connectivity index (χ1n) is 11.1. The minimum Gasteiger partial charge on any atom is -0.497 e. The van der Waals surface area contributed by atoms with Crippen LogP contribution in [0.15, 0.2) is 76.1 Å². The van der Waals surface area contributed by atoms with Crippen molar-refractivity contribution >= 4 is 56.5 Å². The number of methoxy groups -OCH3 is 2. The lowest BCUT2D eigenvalue weighted by atomic mass is 10.1. The van der Waals surface area contributed by atoms with Gasteiger partial charge in [-0.15, -0.1) is 0 Å². The zero-order valence-electron chi connectivity index (χ0n) is 20.0. The maximum absolute atomic E-state index is 12.9. The highest BCUT2D eigenvalue weighted by Crippen LogP contribution is 2.39. The Morgan fingerprint density at radius 2 is 1.76 bits per heavy atom. The fourth-order valence-corrected chi connectivity index (χ4v) is 4.91. The molecule has 0 aliphatic carbocycles. The minimum absolute atomic E-state index is 0.203. The van der Waals surface area contributed by atoms with Gasteiger partial charge in [0, 0.05) is 5.69 Å². The van der Waals surface area contributed by atoms with Gasteiger partial charge in [-0.3, -0.25) is 19.3 Å². The van der Waals surface area contributed by atoms with Crippen LogP contribution in [0.5, 0.6) is 17.2 Å². The molecule has 0 aromatic heterocycles. The molecule has 0 atom stereocenters. The van der Waals surface area contributed by atoms with Gasteiger partial charge in [0.25, 0.3) is 11.1 Å². The molecule has 4 rings (SSSR count). The van der Waals surface area contributed by atoms with Gasteiger partial charge in [0.2, 0.25) is 5.91 Å². The van der Waals surface area contributed by atoms with Crippen LogP contribution in [0.25, 0.3) is 6.08 Å². The fourth-order valence-electron chi connectivity index (χ4n) is 3.50. The molecule has 190 valence electrons. The second-order valence-corrected chi connectivity index (χ2v) is 9.70. The van der Waals surface area contributed by atoms with Crippen molar-refractivity contribution < 1.29 is 28.6 Å². The van der Waals surface area contributed by atoms with Gasteiger partial charge in [0.05, 0.1) is 23.6 Å². The van der Waals surface area contributed by atoms with Crippen LogP contribution in [-0.4, -0.2) is 42.7 Å². The number of carbonyl (C=O) groups excluding carboxylic acids is 3. The summed E-state index contributed by atoms with van der Waals surface area (Å²) in [6.45, 7) is -0.0417. The van der Waals surface area contributed by atoms with Crippen molar-refractivity contribution in [2.75, 3.05) is 26.1 Å². The monoisotopic (exact) mass is 582 g/mol. The first-order chi connectivity index (χ1) is 17.9. The predicted octanol–water partition coefficient (Wildman–Crippen LogP) is 5.72. The summed E-state index contributed by atoms with van der Waals surface area (Å²) in [5.74, 6) is 0.604. The van der Waals surface area contributed by atoms with Crippen LogP contribution < -0.4 is 19.5 Å². The standard InChI is InChI=1S/C27H23BrN2O6S/c1-34-20-10-8-19(9-11-20)29-24(31)15-30-26(32)23(37-27(30)33)14-18-12-21(28)25(22(13-18)35-2)36-16-17-6-4-3-5-7-17/h3-14H,15-16H2,1-2H3,(H,29,31)/b23-14+. The summed E-state index contributed by atoms with van der Waals surface area (Å²) < 4.78 is 17.2. The van der Waals surface area contributed by atoms with Gasteiger partial charge in [0.1, 0.15) is 18.9 Å². The molecule has 8 nitrogen and oxygen atoms in total. The van der Waals surface area contributed by atoms with Gasteiger partial charge in [-0.1, -0.05) is 30.3 Å². The topological polar surface area (TPSA) is 94.2 Å². The van der Waals surface area contributed by atoms with Crippen molar-refractivity contribution in [2.45, 2.75) is 6.61 Å². The van der Waals surface area contributed by atoms with E-state index in [4.69, 9.17) is 14.2 Å². The highest BCUT2D eigenvalue weighted by molar-refractivity contribution is 9.10. The molecule has 0 saturated carbocycles. The molecule has 1 aliphatic heterocycles. The van der Waals surface area contributed by atoms with Crippen LogP contribution in [-0.2, 0) is 16.2 Å². The molecule has 1 heterocycles. The molecule has 1 saturated heterocycles. The number of carbonyl (C=O) groups is 3. The van der Waals surface area contributed by atoms with Crippen molar-refractivity contribution in [3.05, 3.63) is 87.2 Å². The van der Waals surface area contributed by atoms with E-state index >= 15 is 0 Å². The SMILES string of the molecule is COc1ccc(NC(=O)CN2C(=O)S/C(=C/c3cc(Br)c(OCc4ccccc4)c(OC)c3)C2=O)cc1. The van der Waals surface area contributed by atoms with Crippen LogP contribution in [0.1, 0.15) is 11.1 Å². The molecular weight excluding hydrogens is 560 g/mol. The molecule has 0 spiro atoms. The average Bonchev–Trinajstić information content (AvgIpc) is 3.16. The van der Waals surface area contributed by atoms with Crippen molar-refractivity contribution in [3.8, 4) is 17.2 Å². The molecule has 0 unspecified atom stereocenters. The molecule has 1 aliphatic rings. The number of nitrogens with one attached hydrogen (secondary N) is 1. The third-order valence-electron chi connectivity index (χ3n) is 5.32. The molecular formula is C27H23BrN2O6S. The van der Waals surface area contributed by atoms with Crippen molar-refractivity contribution in [1.82, 2.24) is 4.90 Å². The number of ether oxygens (including phenoxy) is 3. The minimum atomic E-state index is -0.542. The van der Waals surface area contributed by atoms with Crippen LogP contribution >= 0.6 is 27.7 Å². The number of imide groups is 1. The molecule has 3 aromatic carbocycles. The molecule has 0 radical (unpaired) electrons. The fraction of sp³-hybridized carbons (Fsp3) is 0.148. The molecule has 3 amide bonds. The Labute approximate surface area is 226 Å². The zero-order chi connectivity index (χ0) is 26.4. The van der Waals surface area contributed by atoms with Crippen LogP contribution in [0.2, 0.25) is 0 Å². The van der Waals surface area contributed by atoms with Crippen LogP contribution in [0.4, 0.5) is 10.5 Å². The third kappa shape index (κ3) is 6.52. The highest BCUT2D eigenvalue weighted by atomic mass is 79.9. The maximum Gasteiger partial charge on any atom is 0.294 e. The molecule has 10 heteroatoms. The number of nitrogens with zero attached hydrogens (tertiary/aromatic N) is 1. The average molecular weight is 583 g/mol. The van der Waals surface area contributed by atoms with E-state index in [9.17, 15) is 14.4 Å². The van der Waals surface area contributed by atoms with Crippen molar-refractivity contribution in [1.29, 1.82) is 0 Å². The summed E-state index contributed by atoms with van der Waals surface area (Å²) in [5, 5.41) is 2.15. The Balaban J connectivity index is 1.45. The number of thioether (sulfide) groups is 1. The van der Waals surface area contributed by atoms with Crippen LogP contribution in [0, 0.1) is 0 Å². The Kier molecular flexibility index (Phi) is 8.52. The first kappa shape index (κ1) is 26.3. The quantitative estimate of drug-likeness (QED) is 0.322. The van der Waals surface area contributed by atoms with E-state index in [-0.39, 0.29) is 4.91 Å².